The largest absolute Gasteiger partial charge is 2.00 e. The fourth-order valence-corrected chi connectivity index (χ4v) is 1.37. The summed E-state index contributed by atoms with van der Waals surface area (Å²) in [7, 11) is 0. The number of aliphatic hydroxyl groups is 2. The summed E-state index contributed by atoms with van der Waals surface area (Å²) in [5.41, 5.74) is -5.95. The second-order valence-electron chi connectivity index (χ2n) is 4.83. The minimum Gasteiger partial charge on any atom is -0.550 e. The monoisotopic (exact) mass is 482 g/mol. The van der Waals surface area contributed by atoms with E-state index < -0.39 is 72.7 Å². The van der Waals surface area contributed by atoms with Crippen molar-refractivity contribution in [2.24, 2.45) is 0 Å². The predicted octanol–water partition coefficient (Wildman–Crippen LogP) is -11.6. The molecule has 0 aromatic carbocycles. The number of carbonyl (C=O) groups is 6. The molecule has 0 amide bonds. The second kappa shape index (κ2) is 17.7. The van der Waals surface area contributed by atoms with Crippen LogP contribution in [0.25, 0.3) is 0 Å². The minimum atomic E-state index is -2.97. The Hall–Kier alpha value is 0.0257. The van der Waals surface area contributed by atoms with Crippen LogP contribution in [0.3, 0.4) is 0 Å². The first kappa shape index (κ1) is 39.5. The van der Waals surface area contributed by atoms with Gasteiger partial charge in [-0.25, -0.2) is 0 Å². The summed E-state index contributed by atoms with van der Waals surface area (Å²) in [5.74, 6) is -12.0. The normalized spacial score (nSPS) is 9.72. The molecular formula is C12H10Ca2MgO14. The Bertz CT molecular complexity index is 523. The van der Waals surface area contributed by atoms with Crippen LogP contribution in [0.15, 0.2) is 0 Å². The van der Waals surface area contributed by atoms with Gasteiger partial charge in [0.1, 0.15) is 11.2 Å². The van der Waals surface area contributed by atoms with Crippen molar-refractivity contribution in [1.82, 2.24) is 0 Å². The Balaban J connectivity index is -0.000000120. The van der Waals surface area contributed by atoms with Crippen molar-refractivity contribution >= 4 is 134 Å². The smallest absolute Gasteiger partial charge is 0.550 e. The predicted molar refractivity (Wildman–Crippen MR) is 75.7 cm³/mol. The Labute approximate surface area is 238 Å². The first-order chi connectivity index (χ1) is 11.6. The molecule has 0 saturated heterocycles. The summed E-state index contributed by atoms with van der Waals surface area (Å²) < 4.78 is 0. The molecular weight excluding hydrogens is 473 g/mol. The summed E-state index contributed by atoms with van der Waals surface area (Å²) >= 11 is 0. The molecule has 2 N–H and O–H groups in total. The molecule has 148 valence electrons. The summed E-state index contributed by atoms with van der Waals surface area (Å²) in [4.78, 5) is 60.0. The second-order valence-corrected chi connectivity index (χ2v) is 4.83. The van der Waals surface area contributed by atoms with Gasteiger partial charge in [0.15, 0.2) is 0 Å². The average molecular weight is 483 g/mol. The third-order valence-electron chi connectivity index (χ3n) is 2.51. The Morgan fingerprint density at radius 1 is 0.517 bits per heavy atom. The Morgan fingerprint density at radius 3 is 0.724 bits per heavy atom. The number of hydrogen-bond acceptors (Lipinski definition) is 14. The third-order valence-corrected chi connectivity index (χ3v) is 2.51. The summed E-state index contributed by atoms with van der Waals surface area (Å²) in [5, 5.41) is 77.9. The average Bonchev–Trinajstić information content (AvgIpc) is 2.34. The number of carboxylic acids is 6. The van der Waals surface area contributed by atoms with Crippen LogP contribution in [0.4, 0.5) is 0 Å². The van der Waals surface area contributed by atoms with Gasteiger partial charge in [-0.15, -0.1) is 0 Å². The summed E-state index contributed by atoms with van der Waals surface area (Å²) in [6.45, 7) is 0. The molecule has 0 aliphatic carbocycles. The molecule has 0 saturated carbocycles. The van der Waals surface area contributed by atoms with Crippen LogP contribution in [-0.4, -0.2) is 156 Å². The fourth-order valence-electron chi connectivity index (χ4n) is 1.37. The van der Waals surface area contributed by atoms with Gasteiger partial charge in [-0.3, -0.25) is 0 Å². The minimum absolute atomic E-state index is 0. The van der Waals surface area contributed by atoms with Crippen molar-refractivity contribution in [3.63, 3.8) is 0 Å². The summed E-state index contributed by atoms with van der Waals surface area (Å²) in [6.07, 6.45) is -5.43. The van der Waals surface area contributed by atoms with Crippen LogP contribution in [0.1, 0.15) is 25.7 Å². The van der Waals surface area contributed by atoms with E-state index >= 15 is 0 Å². The van der Waals surface area contributed by atoms with E-state index in [0.717, 1.165) is 0 Å². The van der Waals surface area contributed by atoms with Gasteiger partial charge in [-0.1, -0.05) is 0 Å². The van der Waals surface area contributed by atoms with Crippen molar-refractivity contribution in [2.75, 3.05) is 0 Å². The molecule has 0 fully saturated rings. The van der Waals surface area contributed by atoms with E-state index in [1.165, 1.54) is 0 Å². The molecule has 14 nitrogen and oxygen atoms in total. The molecule has 0 rings (SSSR count). The van der Waals surface area contributed by atoms with E-state index in [4.69, 9.17) is 10.2 Å². The maximum absolute atomic E-state index is 10.1. The topological polar surface area (TPSA) is 281 Å². The maximum atomic E-state index is 10.1. The first-order valence-electron chi connectivity index (χ1n) is 6.23. The van der Waals surface area contributed by atoms with Crippen LogP contribution in [0, 0.1) is 0 Å². The number of hydrogen-bond donors (Lipinski definition) is 2. The van der Waals surface area contributed by atoms with Crippen LogP contribution in [0.2, 0.25) is 0 Å². The van der Waals surface area contributed by atoms with E-state index in [-0.39, 0.29) is 98.5 Å². The van der Waals surface area contributed by atoms with Gasteiger partial charge < -0.3 is 69.6 Å². The van der Waals surface area contributed by atoms with E-state index in [2.05, 4.69) is 0 Å². The molecule has 17 heteroatoms. The summed E-state index contributed by atoms with van der Waals surface area (Å²) in [6, 6.07) is 0. The molecule has 0 unspecified atom stereocenters. The molecule has 0 aliphatic heterocycles. The van der Waals surface area contributed by atoms with Crippen LogP contribution < -0.4 is 30.6 Å². The van der Waals surface area contributed by atoms with Gasteiger partial charge in [0.05, 0.1) is 11.9 Å². The number of rotatable bonds is 10. The molecule has 0 atom stereocenters. The van der Waals surface area contributed by atoms with Gasteiger partial charge in [-0.2, -0.15) is 0 Å². The SMILES string of the molecule is O=C([O-])CC(O)(CC(=O)[O-])C(=O)[O-].O=C([O-])CC(O)(CC(=O)[O-])C(=O)[O-].[Ca+2].[Ca+2].[Mg+2]. The van der Waals surface area contributed by atoms with Crippen molar-refractivity contribution < 1.29 is 69.6 Å². The third kappa shape index (κ3) is 18.5. The van der Waals surface area contributed by atoms with Gasteiger partial charge in [0, 0.05) is 49.6 Å². The zero-order valence-corrected chi connectivity index (χ0v) is 20.6. The van der Waals surface area contributed by atoms with Crippen molar-refractivity contribution in [1.29, 1.82) is 0 Å². The standard InChI is InChI=1S/2C6H8O7.2Ca.Mg/c2*7-3(8)1-6(13,5(11)12)2-4(9)10;;;/h2*13H,1-2H2,(H,7,8)(H,9,10)(H,11,12);;;/q;;3*+2/p-6. The zero-order chi connectivity index (χ0) is 21.3. The van der Waals surface area contributed by atoms with Crippen molar-refractivity contribution in [3.05, 3.63) is 0 Å². The van der Waals surface area contributed by atoms with Gasteiger partial charge in [0.2, 0.25) is 0 Å². The molecule has 0 bridgehead atoms. The zero-order valence-electron chi connectivity index (χ0n) is 14.7. The van der Waals surface area contributed by atoms with E-state index in [1.54, 1.807) is 0 Å². The van der Waals surface area contributed by atoms with Gasteiger partial charge in [-0.05, 0) is 0 Å². The van der Waals surface area contributed by atoms with E-state index in [1.807, 2.05) is 0 Å². The molecule has 29 heavy (non-hydrogen) atoms. The number of carbonyl (C=O) groups excluding carboxylic acids is 6. The van der Waals surface area contributed by atoms with Crippen LogP contribution in [-0.2, 0) is 28.8 Å². The molecule has 0 aliphatic rings. The molecule has 0 aromatic rings. The van der Waals surface area contributed by atoms with Crippen LogP contribution in [0.5, 0.6) is 0 Å². The maximum Gasteiger partial charge on any atom is 2.00 e. The van der Waals surface area contributed by atoms with Crippen molar-refractivity contribution in [3.8, 4) is 0 Å². The number of aliphatic carboxylic acids is 6. The molecule has 0 heterocycles. The fraction of sp³-hybridized carbons (Fsp3) is 0.500. The molecule has 0 radical (unpaired) electrons. The van der Waals surface area contributed by atoms with Gasteiger partial charge >= 0.3 is 98.5 Å². The van der Waals surface area contributed by atoms with Crippen molar-refractivity contribution in [2.45, 2.75) is 36.9 Å². The van der Waals surface area contributed by atoms with E-state index in [9.17, 15) is 59.4 Å². The first-order valence-corrected chi connectivity index (χ1v) is 6.23. The molecule has 0 spiro atoms. The number of carboxylic acid groups (broad SMARTS) is 6. The quantitative estimate of drug-likeness (QED) is 0.273. The Kier molecular flexibility index (Phi) is 24.1. The van der Waals surface area contributed by atoms with E-state index in [0.29, 0.717) is 0 Å². The molecule has 0 aromatic heterocycles. The van der Waals surface area contributed by atoms with Gasteiger partial charge in [0.25, 0.3) is 0 Å². The Morgan fingerprint density at radius 2 is 0.655 bits per heavy atom. The van der Waals surface area contributed by atoms with Crippen LogP contribution >= 0.6 is 0 Å².